The van der Waals surface area contributed by atoms with Gasteiger partial charge in [0.15, 0.2) is 4.77 Å². The Morgan fingerprint density at radius 2 is 2.50 bits per heavy atom. The van der Waals surface area contributed by atoms with Crippen LogP contribution in [0.15, 0.2) is 23.6 Å². The molecule has 3 nitrogen and oxygen atoms in total. The highest BCUT2D eigenvalue weighted by molar-refractivity contribution is 7.71. The molecule has 1 aromatic heterocycles. The smallest absolute Gasteiger partial charge is 0.258 e. The highest BCUT2D eigenvalue weighted by Crippen LogP contribution is 1.80. The van der Waals surface area contributed by atoms with E-state index in [2.05, 4.69) is 11.6 Å². The zero-order valence-electron chi connectivity index (χ0n) is 5.20. The molecule has 0 fully saturated rings. The molecule has 1 aromatic rings. The molecule has 1 N–H and O–H groups in total. The van der Waals surface area contributed by atoms with Crippen molar-refractivity contribution in [3.05, 3.63) is 34.0 Å². The number of hydrogen-bond acceptors (Lipinski definition) is 2. The lowest BCUT2D eigenvalue weighted by atomic mass is 10.6. The lowest BCUT2D eigenvalue weighted by molar-refractivity contribution is 0.965. The van der Waals surface area contributed by atoms with Gasteiger partial charge in [-0.05, 0) is 12.2 Å². The van der Waals surface area contributed by atoms with Gasteiger partial charge in [-0.1, -0.05) is 6.58 Å². The second-order valence-electron chi connectivity index (χ2n) is 1.67. The fraction of sp³-hybridized carbons (Fsp3) is 0. The molecule has 0 aromatic carbocycles. The van der Waals surface area contributed by atoms with E-state index >= 15 is 0 Å². The first kappa shape index (κ1) is 6.95. The van der Waals surface area contributed by atoms with E-state index in [1.165, 1.54) is 23.0 Å². The fourth-order valence-electron chi connectivity index (χ4n) is 0.607. The summed E-state index contributed by atoms with van der Waals surface area (Å²) in [4.78, 5) is 13.6. The molecule has 4 heteroatoms. The Balaban J connectivity index is 3.61. The van der Waals surface area contributed by atoms with E-state index < -0.39 is 0 Å². The molecule has 0 atom stereocenters. The highest BCUT2D eigenvalue weighted by atomic mass is 32.1. The predicted octanol–water partition coefficient (Wildman–Crippen LogP) is 1.01. The van der Waals surface area contributed by atoms with Crippen LogP contribution in [0.3, 0.4) is 0 Å². The van der Waals surface area contributed by atoms with E-state index in [9.17, 15) is 4.79 Å². The third kappa shape index (κ3) is 1.06. The van der Waals surface area contributed by atoms with Crippen LogP contribution in [-0.2, 0) is 0 Å². The molecule has 0 aliphatic heterocycles. The van der Waals surface area contributed by atoms with Gasteiger partial charge in [-0.25, -0.2) is 0 Å². The fourth-order valence-corrected chi connectivity index (χ4v) is 0.840. The molecule has 0 aliphatic carbocycles. The minimum Gasteiger partial charge on any atom is -0.338 e. The van der Waals surface area contributed by atoms with Crippen molar-refractivity contribution < 1.29 is 0 Å². The van der Waals surface area contributed by atoms with Crippen molar-refractivity contribution in [1.82, 2.24) is 9.55 Å². The summed E-state index contributed by atoms with van der Waals surface area (Å²) in [5.74, 6) is 0. The first-order valence-corrected chi connectivity index (χ1v) is 3.09. The van der Waals surface area contributed by atoms with E-state index in [0.29, 0.717) is 4.77 Å². The summed E-state index contributed by atoms with van der Waals surface area (Å²) in [6, 6.07) is 1.39. The second-order valence-corrected chi connectivity index (χ2v) is 2.06. The van der Waals surface area contributed by atoms with Crippen molar-refractivity contribution in [2.24, 2.45) is 0 Å². The maximum atomic E-state index is 10.9. The summed E-state index contributed by atoms with van der Waals surface area (Å²) >= 11 is 4.77. The van der Waals surface area contributed by atoms with Gasteiger partial charge in [-0.15, -0.1) is 0 Å². The molecule has 0 radical (unpaired) electrons. The van der Waals surface area contributed by atoms with Crippen molar-refractivity contribution >= 4 is 18.4 Å². The molecular formula is C6H6N2OS. The van der Waals surface area contributed by atoms with E-state index in [1.54, 1.807) is 0 Å². The minimum absolute atomic E-state index is 0.168. The Hall–Kier alpha value is -1.16. The van der Waals surface area contributed by atoms with E-state index in [0.717, 1.165) is 0 Å². The van der Waals surface area contributed by atoms with Crippen LogP contribution in [0.25, 0.3) is 6.20 Å². The molecule has 10 heavy (non-hydrogen) atoms. The molecule has 0 saturated carbocycles. The molecule has 0 spiro atoms. The largest absolute Gasteiger partial charge is 0.338 e. The third-order valence-electron chi connectivity index (χ3n) is 1.07. The second kappa shape index (κ2) is 2.62. The van der Waals surface area contributed by atoms with Gasteiger partial charge in [0.2, 0.25) is 0 Å². The van der Waals surface area contributed by atoms with Crippen molar-refractivity contribution in [1.29, 1.82) is 0 Å². The van der Waals surface area contributed by atoms with Crippen LogP contribution in [0.1, 0.15) is 0 Å². The summed E-state index contributed by atoms with van der Waals surface area (Å²) in [5.41, 5.74) is -0.168. The van der Waals surface area contributed by atoms with Crippen molar-refractivity contribution in [3.8, 4) is 0 Å². The molecule has 0 amide bonds. The van der Waals surface area contributed by atoms with Gasteiger partial charge in [0.1, 0.15) is 0 Å². The zero-order valence-corrected chi connectivity index (χ0v) is 6.02. The molecule has 0 aliphatic rings. The van der Waals surface area contributed by atoms with Crippen LogP contribution < -0.4 is 5.56 Å². The van der Waals surface area contributed by atoms with Gasteiger partial charge in [-0.3, -0.25) is 9.36 Å². The Labute approximate surface area is 62.6 Å². The van der Waals surface area contributed by atoms with E-state index in [1.807, 2.05) is 0 Å². The predicted molar refractivity (Wildman–Crippen MR) is 42.3 cm³/mol. The first-order chi connectivity index (χ1) is 4.75. The minimum atomic E-state index is -0.168. The Morgan fingerprint density at radius 1 is 1.80 bits per heavy atom. The molecule has 1 rings (SSSR count). The summed E-state index contributed by atoms with van der Waals surface area (Å²) in [6.07, 6.45) is 2.88. The van der Waals surface area contributed by atoms with Crippen LogP contribution in [0.2, 0.25) is 0 Å². The highest BCUT2D eigenvalue weighted by Gasteiger charge is 1.88. The number of aromatic nitrogens is 2. The molecular weight excluding hydrogens is 148 g/mol. The topological polar surface area (TPSA) is 37.8 Å². The Bertz CT molecular complexity index is 321. The van der Waals surface area contributed by atoms with Gasteiger partial charge in [0.05, 0.1) is 0 Å². The van der Waals surface area contributed by atoms with Crippen molar-refractivity contribution in [2.45, 2.75) is 0 Å². The van der Waals surface area contributed by atoms with Crippen LogP contribution in [0.4, 0.5) is 0 Å². The van der Waals surface area contributed by atoms with Gasteiger partial charge in [0, 0.05) is 18.5 Å². The number of rotatable bonds is 1. The standard InChI is InChI=1S/C6H6N2OS/c1-2-8-5(9)3-4-7-6(8)10/h2-4H,1H2,(H,7,10). The number of H-pyrrole nitrogens is 1. The normalized spacial score (nSPS) is 9.20. The van der Waals surface area contributed by atoms with Gasteiger partial charge >= 0.3 is 0 Å². The molecule has 52 valence electrons. The molecule has 1 heterocycles. The number of nitrogens with one attached hydrogen (secondary N) is 1. The third-order valence-corrected chi connectivity index (χ3v) is 1.39. The summed E-state index contributed by atoms with van der Waals surface area (Å²) < 4.78 is 1.62. The average molecular weight is 154 g/mol. The van der Waals surface area contributed by atoms with Crippen molar-refractivity contribution in [2.75, 3.05) is 0 Å². The molecule has 0 unspecified atom stereocenters. The van der Waals surface area contributed by atoms with E-state index in [-0.39, 0.29) is 5.56 Å². The lowest BCUT2D eigenvalue weighted by Gasteiger charge is -1.93. The first-order valence-electron chi connectivity index (χ1n) is 2.68. The van der Waals surface area contributed by atoms with Gasteiger partial charge in [0.25, 0.3) is 5.56 Å². The number of hydrogen-bond donors (Lipinski definition) is 1. The summed E-state index contributed by atoms with van der Waals surface area (Å²) in [6.45, 7) is 3.43. The summed E-state index contributed by atoms with van der Waals surface area (Å²) in [5, 5.41) is 0. The Morgan fingerprint density at radius 3 is 2.90 bits per heavy atom. The van der Waals surface area contributed by atoms with Crippen LogP contribution in [0, 0.1) is 4.77 Å². The zero-order chi connectivity index (χ0) is 7.56. The quantitative estimate of drug-likeness (QED) is 0.613. The monoisotopic (exact) mass is 154 g/mol. The maximum absolute atomic E-state index is 10.9. The Kier molecular flexibility index (Phi) is 1.82. The van der Waals surface area contributed by atoms with Crippen LogP contribution in [-0.4, -0.2) is 9.55 Å². The van der Waals surface area contributed by atoms with Crippen LogP contribution >= 0.6 is 12.2 Å². The maximum Gasteiger partial charge on any atom is 0.258 e. The van der Waals surface area contributed by atoms with Crippen molar-refractivity contribution in [3.63, 3.8) is 0 Å². The lowest BCUT2D eigenvalue weighted by Crippen LogP contribution is -2.14. The summed E-state index contributed by atoms with van der Waals surface area (Å²) in [7, 11) is 0. The van der Waals surface area contributed by atoms with Gasteiger partial charge < -0.3 is 4.98 Å². The number of nitrogens with zero attached hydrogens (tertiary/aromatic N) is 1. The average Bonchev–Trinajstić information content (AvgIpc) is 1.88. The SMILES string of the molecule is C=Cn1c(=O)cc[nH]c1=S. The van der Waals surface area contributed by atoms with Crippen LogP contribution in [0.5, 0.6) is 0 Å². The number of aromatic amines is 1. The van der Waals surface area contributed by atoms with E-state index in [4.69, 9.17) is 12.2 Å². The molecule has 0 bridgehead atoms. The van der Waals surface area contributed by atoms with Gasteiger partial charge in [-0.2, -0.15) is 0 Å². The molecule has 0 saturated heterocycles.